The maximum Gasteiger partial charge on any atom is 0.260 e. The van der Waals surface area contributed by atoms with Crippen molar-refractivity contribution in [1.29, 1.82) is 0 Å². The van der Waals surface area contributed by atoms with E-state index in [4.69, 9.17) is 4.74 Å². The van der Waals surface area contributed by atoms with E-state index in [9.17, 15) is 4.79 Å². The van der Waals surface area contributed by atoms with Gasteiger partial charge < -0.3 is 10.1 Å². The number of carbonyl (C=O) groups excluding carboxylic acids is 1. The first-order chi connectivity index (χ1) is 11.0. The van der Waals surface area contributed by atoms with Gasteiger partial charge in [-0.25, -0.2) is 0 Å². The summed E-state index contributed by atoms with van der Waals surface area (Å²) in [5.74, 6) is 0.656. The lowest BCUT2D eigenvalue weighted by Crippen LogP contribution is -2.36. The van der Waals surface area contributed by atoms with Crippen LogP contribution in [-0.4, -0.2) is 18.6 Å². The summed E-state index contributed by atoms with van der Waals surface area (Å²) in [4.78, 5) is 12.1. The van der Waals surface area contributed by atoms with Crippen molar-refractivity contribution >= 4 is 5.91 Å². The third kappa shape index (κ3) is 5.78. The summed E-state index contributed by atoms with van der Waals surface area (Å²) in [6.45, 7) is 6.53. The lowest BCUT2D eigenvalue weighted by Gasteiger charge is -2.15. The maximum absolute atomic E-state index is 12.1. The molecule has 1 unspecified atom stereocenters. The van der Waals surface area contributed by atoms with Crippen molar-refractivity contribution in [2.45, 2.75) is 39.7 Å². The number of hydrogen-bond donors (Lipinski definition) is 1. The van der Waals surface area contributed by atoms with Crippen LogP contribution in [0.5, 0.6) is 5.75 Å². The summed E-state index contributed by atoms with van der Waals surface area (Å²) in [5.41, 5.74) is 3.70. The number of rotatable bonds is 7. The Balaban J connectivity index is 1.71. The lowest BCUT2D eigenvalue weighted by atomic mass is 10.1. The number of hydrogen-bond acceptors (Lipinski definition) is 2. The van der Waals surface area contributed by atoms with Gasteiger partial charge in [0.15, 0.2) is 6.10 Å². The summed E-state index contributed by atoms with van der Waals surface area (Å²) in [7, 11) is 0. The van der Waals surface area contributed by atoms with E-state index in [2.05, 4.69) is 36.5 Å². The molecule has 0 radical (unpaired) electrons. The quantitative estimate of drug-likeness (QED) is 0.789. The number of carbonyl (C=O) groups is 1. The molecule has 0 aliphatic heterocycles. The van der Waals surface area contributed by atoms with Crippen molar-refractivity contribution in [3.63, 3.8) is 0 Å². The van der Waals surface area contributed by atoms with Gasteiger partial charge in [0.1, 0.15) is 5.75 Å². The molecule has 0 heterocycles. The van der Waals surface area contributed by atoms with Crippen LogP contribution in [0.25, 0.3) is 0 Å². The second kappa shape index (κ2) is 8.37. The van der Waals surface area contributed by atoms with E-state index >= 15 is 0 Å². The number of nitrogens with one attached hydrogen (secondary N) is 1. The van der Waals surface area contributed by atoms with Gasteiger partial charge in [0, 0.05) is 6.54 Å². The molecule has 0 bridgehead atoms. The van der Waals surface area contributed by atoms with Crippen LogP contribution in [0, 0.1) is 13.8 Å². The second-order valence-electron chi connectivity index (χ2n) is 5.96. The van der Waals surface area contributed by atoms with E-state index in [1.165, 1.54) is 11.1 Å². The molecule has 3 nitrogen and oxygen atoms in total. The number of benzene rings is 2. The fraction of sp³-hybridized carbons (Fsp3) is 0.350. The molecule has 2 rings (SSSR count). The Morgan fingerprint density at radius 1 is 1.09 bits per heavy atom. The van der Waals surface area contributed by atoms with E-state index in [0.717, 1.165) is 24.2 Å². The highest BCUT2D eigenvalue weighted by molar-refractivity contribution is 5.80. The molecule has 1 atom stereocenters. The molecule has 0 saturated carbocycles. The van der Waals surface area contributed by atoms with Crippen molar-refractivity contribution in [2.75, 3.05) is 6.54 Å². The zero-order chi connectivity index (χ0) is 16.7. The Morgan fingerprint density at radius 3 is 2.48 bits per heavy atom. The molecule has 0 fully saturated rings. The van der Waals surface area contributed by atoms with Crippen LogP contribution in [0.4, 0.5) is 0 Å². The first-order valence-electron chi connectivity index (χ1n) is 8.11. The zero-order valence-corrected chi connectivity index (χ0v) is 14.1. The monoisotopic (exact) mass is 311 g/mol. The minimum Gasteiger partial charge on any atom is -0.481 e. The summed E-state index contributed by atoms with van der Waals surface area (Å²) in [5, 5.41) is 2.94. The minimum atomic E-state index is -0.490. The molecule has 23 heavy (non-hydrogen) atoms. The standard InChI is InChI=1S/C20H25NO2/c1-15-7-4-9-18(13-15)10-6-12-21-20(22)17(3)23-19-11-5-8-16(2)14-19/h4-5,7-9,11,13-14,17H,6,10,12H2,1-3H3,(H,21,22). The average molecular weight is 311 g/mol. The molecule has 0 aromatic heterocycles. The van der Waals surface area contributed by atoms with Crippen LogP contribution in [-0.2, 0) is 11.2 Å². The maximum atomic E-state index is 12.1. The molecule has 2 aromatic rings. The van der Waals surface area contributed by atoms with Gasteiger partial charge in [0.25, 0.3) is 5.91 Å². The molecule has 2 aromatic carbocycles. The third-order valence-corrected chi connectivity index (χ3v) is 3.70. The smallest absolute Gasteiger partial charge is 0.260 e. The van der Waals surface area contributed by atoms with Gasteiger partial charge in [0.2, 0.25) is 0 Å². The molecule has 0 aliphatic carbocycles. The van der Waals surface area contributed by atoms with Crippen LogP contribution in [0.3, 0.4) is 0 Å². The van der Waals surface area contributed by atoms with E-state index < -0.39 is 6.10 Å². The molecule has 0 spiro atoms. The number of ether oxygens (including phenoxy) is 1. The predicted molar refractivity (Wildman–Crippen MR) is 93.8 cm³/mol. The molecular weight excluding hydrogens is 286 g/mol. The van der Waals surface area contributed by atoms with E-state index in [1.54, 1.807) is 6.92 Å². The van der Waals surface area contributed by atoms with Crippen molar-refractivity contribution in [2.24, 2.45) is 0 Å². The van der Waals surface area contributed by atoms with Crippen molar-refractivity contribution in [1.82, 2.24) is 5.32 Å². The minimum absolute atomic E-state index is 0.0734. The first-order valence-corrected chi connectivity index (χ1v) is 8.11. The van der Waals surface area contributed by atoms with Crippen LogP contribution >= 0.6 is 0 Å². The number of amides is 1. The van der Waals surface area contributed by atoms with E-state index in [0.29, 0.717) is 6.54 Å². The largest absolute Gasteiger partial charge is 0.481 e. The Bertz CT molecular complexity index is 652. The molecule has 3 heteroatoms. The fourth-order valence-electron chi connectivity index (χ4n) is 2.46. The van der Waals surface area contributed by atoms with Crippen LogP contribution < -0.4 is 10.1 Å². The molecule has 0 aliphatic rings. The van der Waals surface area contributed by atoms with Gasteiger partial charge in [-0.05, 0) is 56.9 Å². The van der Waals surface area contributed by atoms with E-state index in [-0.39, 0.29) is 5.91 Å². The Morgan fingerprint density at radius 2 is 1.78 bits per heavy atom. The van der Waals surface area contributed by atoms with Crippen molar-refractivity contribution < 1.29 is 9.53 Å². The predicted octanol–water partition coefficient (Wildman–Crippen LogP) is 3.82. The van der Waals surface area contributed by atoms with Crippen LogP contribution in [0.15, 0.2) is 48.5 Å². The highest BCUT2D eigenvalue weighted by Gasteiger charge is 2.13. The molecule has 0 saturated heterocycles. The molecule has 1 amide bonds. The summed E-state index contributed by atoms with van der Waals surface area (Å²) in [6, 6.07) is 16.2. The Labute approximate surface area is 138 Å². The first kappa shape index (κ1) is 17.1. The summed E-state index contributed by atoms with van der Waals surface area (Å²) in [6.07, 6.45) is 1.40. The molecular formula is C20H25NO2. The van der Waals surface area contributed by atoms with Gasteiger partial charge in [0.05, 0.1) is 0 Å². The zero-order valence-electron chi connectivity index (χ0n) is 14.1. The van der Waals surface area contributed by atoms with E-state index in [1.807, 2.05) is 31.2 Å². The van der Waals surface area contributed by atoms with Gasteiger partial charge in [-0.3, -0.25) is 4.79 Å². The molecule has 1 N–H and O–H groups in total. The van der Waals surface area contributed by atoms with Gasteiger partial charge >= 0.3 is 0 Å². The lowest BCUT2D eigenvalue weighted by molar-refractivity contribution is -0.127. The highest BCUT2D eigenvalue weighted by Crippen LogP contribution is 2.14. The van der Waals surface area contributed by atoms with Gasteiger partial charge in [-0.2, -0.15) is 0 Å². The number of aryl methyl sites for hydroxylation is 3. The molecule has 122 valence electrons. The van der Waals surface area contributed by atoms with Crippen LogP contribution in [0.1, 0.15) is 30.0 Å². The van der Waals surface area contributed by atoms with Crippen LogP contribution in [0.2, 0.25) is 0 Å². The SMILES string of the molecule is Cc1cccc(CCCNC(=O)C(C)Oc2cccc(C)c2)c1. The normalized spacial score (nSPS) is 11.8. The van der Waals surface area contributed by atoms with Gasteiger partial charge in [-0.1, -0.05) is 42.0 Å². The Hall–Kier alpha value is -2.29. The Kier molecular flexibility index (Phi) is 6.21. The van der Waals surface area contributed by atoms with Gasteiger partial charge in [-0.15, -0.1) is 0 Å². The van der Waals surface area contributed by atoms with Crippen molar-refractivity contribution in [3.8, 4) is 5.75 Å². The van der Waals surface area contributed by atoms with Crippen molar-refractivity contribution in [3.05, 3.63) is 65.2 Å². The summed E-state index contributed by atoms with van der Waals surface area (Å²) < 4.78 is 5.68. The average Bonchev–Trinajstić information content (AvgIpc) is 2.51. The highest BCUT2D eigenvalue weighted by atomic mass is 16.5. The fourth-order valence-corrected chi connectivity index (χ4v) is 2.46. The third-order valence-electron chi connectivity index (χ3n) is 3.70. The summed E-state index contributed by atoms with van der Waals surface area (Å²) >= 11 is 0. The topological polar surface area (TPSA) is 38.3 Å². The second-order valence-corrected chi connectivity index (χ2v) is 5.96.